The monoisotopic (exact) mass is 168 g/mol. The van der Waals surface area contributed by atoms with Crippen LogP contribution in [0.1, 0.15) is 33.1 Å². The molecule has 0 saturated heterocycles. The predicted molar refractivity (Wildman–Crippen MR) is 48.9 cm³/mol. The van der Waals surface area contributed by atoms with E-state index in [1.54, 1.807) is 13.0 Å². The van der Waals surface area contributed by atoms with Crippen LogP contribution >= 0.6 is 0 Å². The van der Waals surface area contributed by atoms with Crippen LogP contribution in [-0.4, -0.2) is 11.6 Å². The molecular weight excluding hydrogens is 152 g/mol. The van der Waals surface area contributed by atoms with Gasteiger partial charge in [0.05, 0.1) is 0 Å². The van der Waals surface area contributed by atoms with Crippen LogP contribution in [0.5, 0.6) is 0 Å². The van der Waals surface area contributed by atoms with Crippen molar-refractivity contribution in [1.29, 1.82) is 0 Å². The summed E-state index contributed by atoms with van der Waals surface area (Å²) in [5, 5.41) is 0. The molecule has 1 unspecified atom stereocenters. The largest absolute Gasteiger partial charge is 0.291 e. The van der Waals surface area contributed by atoms with Gasteiger partial charge in [0.15, 0.2) is 11.6 Å². The highest BCUT2D eigenvalue weighted by Crippen LogP contribution is 2.08. The van der Waals surface area contributed by atoms with Crippen LogP contribution in [0.15, 0.2) is 12.7 Å². The van der Waals surface area contributed by atoms with Gasteiger partial charge in [-0.1, -0.05) is 19.9 Å². The second-order valence-corrected chi connectivity index (χ2v) is 3.03. The summed E-state index contributed by atoms with van der Waals surface area (Å²) < 4.78 is 0. The Morgan fingerprint density at radius 2 is 2.00 bits per heavy atom. The number of ketones is 2. The maximum absolute atomic E-state index is 11.1. The molecule has 0 spiro atoms. The lowest BCUT2D eigenvalue weighted by atomic mass is 9.98. The zero-order chi connectivity index (χ0) is 9.56. The van der Waals surface area contributed by atoms with Gasteiger partial charge in [0, 0.05) is 12.8 Å². The highest BCUT2D eigenvalue weighted by molar-refractivity contribution is 6.37. The Morgan fingerprint density at radius 3 is 2.42 bits per heavy atom. The van der Waals surface area contributed by atoms with Crippen molar-refractivity contribution in [3.63, 3.8) is 0 Å². The number of carbonyl (C=O) groups excluding carboxylic acids is 2. The Bertz CT molecular complexity index is 182. The van der Waals surface area contributed by atoms with Crippen LogP contribution < -0.4 is 0 Å². The van der Waals surface area contributed by atoms with Gasteiger partial charge in [0.1, 0.15) is 0 Å². The number of carbonyl (C=O) groups is 2. The molecule has 0 aliphatic heterocycles. The van der Waals surface area contributed by atoms with Gasteiger partial charge in [-0.05, 0) is 12.3 Å². The highest BCUT2D eigenvalue weighted by atomic mass is 16.2. The Labute approximate surface area is 73.7 Å². The molecule has 12 heavy (non-hydrogen) atoms. The standard InChI is InChI=1S/C10H16O2/c1-4-6-8(3)7-10(12)9(11)5-2/h4,8H,1,5-7H2,2-3H3. The first-order chi connectivity index (χ1) is 5.61. The van der Waals surface area contributed by atoms with Crippen LogP contribution in [0.2, 0.25) is 0 Å². The van der Waals surface area contributed by atoms with E-state index in [2.05, 4.69) is 6.58 Å². The topological polar surface area (TPSA) is 34.1 Å². The van der Waals surface area contributed by atoms with E-state index in [0.29, 0.717) is 12.8 Å². The molecule has 68 valence electrons. The fraction of sp³-hybridized carbons (Fsp3) is 0.600. The van der Waals surface area contributed by atoms with Gasteiger partial charge in [-0.2, -0.15) is 0 Å². The third kappa shape index (κ3) is 4.06. The van der Waals surface area contributed by atoms with Gasteiger partial charge in [-0.3, -0.25) is 9.59 Å². The van der Waals surface area contributed by atoms with E-state index in [-0.39, 0.29) is 17.5 Å². The van der Waals surface area contributed by atoms with Crippen LogP contribution in [0.4, 0.5) is 0 Å². The van der Waals surface area contributed by atoms with Crippen molar-refractivity contribution in [3.05, 3.63) is 12.7 Å². The summed E-state index contributed by atoms with van der Waals surface area (Å²) in [6.07, 6.45) is 3.25. The van der Waals surface area contributed by atoms with E-state index in [1.807, 2.05) is 6.92 Å². The number of allylic oxidation sites excluding steroid dienone is 1. The van der Waals surface area contributed by atoms with Crippen molar-refractivity contribution in [1.82, 2.24) is 0 Å². The molecule has 0 heterocycles. The predicted octanol–water partition coefficient (Wildman–Crippen LogP) is 2.14. The first-order valence-corrected chi connectivity index (χ1v) is 4.28. The fourth-order valence-corrected chi connectivity index (χ4v) is 0.995. The summed E-state index contributed by atoms with van der Waals surface area (Å²) in [5.41, 5.74) is 0. The van der Waals surface area contributed by atoms with Crippen LogP contribution in [0.25, 0.3) is 0 Å². The zero-order valence-corrected chi connectivity index (χ0v) is 7.80. The van der Waals surface area contributed by atoms with Crippen molar-refractivity contribution >= 4 is 11.6 Å². The smallest absolute Gasteiger partial charge is 0.198 e. The van der Waals surface area contributed by atoms with Crippen molar-refractivity contribution in [2.75, 3.05) is 0 Å². The van der Waals surface area contributed by atoms with Crippen LogP contribution in [0, 0.1) is 5.92 Å². The number of hydrogen-bond donors (Lipinski definition) is 0. The minimum Gasteiger partial charge on any atom is -0.291 e. The summed E-state index contributed by atoms with van der Waals surface area (Å²) in [6, 6.07) is 0. The van der Waals surface area contributed by atoms with E-state index in [1.165, 1.54) is 0 Å². The summed E-state index contributed by atoms with van der Waals surface area (Å²) >= 11 is 0. The number of hydrogen-bond acceptors (Lipinski definition) is 2. The average Bonchev–Trinajstić information content (AvgIpc) is 2.03. The Kier molecular flexibility index (Phi) is 5.26. The summed E-state index contributed by atoms with van der Waals surface area (Å²) in [7, 11) is 0. The molecule has 1 atom stereocenters. The lowest BCUT2D eigenvalue weighted by Gasteiger charge is -2.05. The van der Waals surface area contributed by atoms with Crippen molar-refractivity contribution < 1.29 is 9.59 Å². The Hall–Kier alpha value is -0.920. The highest BCUT2D eigenvalue weighted by Gasteiger charge is 2.13. The average molecular weight is 168 g/mol. The van der Waals surface area contributed by atoms with E-state index in [4.69, 9.17) is 0 Å². The third-order valence-corrected chi connectivity index (χ3v) is 1.74. The number of rotatable bonds is 6. The molecule has 0 aromatic heterocycles. The van der Waals surface area contributed by atoms with Gasteiger partial charge in [0.2, 0.25) is 0 Å². The Morgan fingerprint density at radius 1 is 1.42 bits per heavy atom. The van der Waals surface area contributed by atoms with Gasteiger partial charge >= 0.3 is 0 Å². The molecule has 2 nitrogen and oxygen atoms in total. The second-order valence-electron chi connectivity index (χ2n) is 3.03. The minimum absolute atomic E-state index is 0.241. The second kappa shape index (κ2) is 5.70. The quantitative estimate of drug-likeness (QED) is 0.450. The van der Waals surface area contributed by atoms with Gasteiger partial charge < -0.3 is 0 Å². The van der Waals surface area contributed by atoms with Gasteiger partial charge in [-0.15, -0.1) is 6.58 Å². The van der Waals surface area contributed by atoms with Gasteiger partial charge in [-0.25, -0.2) is 0 Å². The van der Waals surface area contributed by atoms with E-state index in [0.717, 1.165) is 6.42 Å². The molecule has 0 saturated carbocycles. The maximum atomic E-state index is 11.1. The molecular formula is C10H16O2. The molecule has 0 amide bonds. The van der Waals surface area contributed by atoms with Crippen LogP contribution in [-0.2, 0) is 9.59 Å². The van der Waals surface area contributed by atoms with Crippen molar-refractivity contribution in [3.8, 4) is 0 Å². The van der Waals surface area contributed by atoms with Crippen LogP contribution in [0.3, 0.4) is 0 Å². The first-order valence-electron chi connectivity index (χ1n) is 4.28. The van der Waals surface area contributed by atoms with Gasteiger partial charge in [0.25, 0.3) is 0 Å². The lowest BCUT2D eigenvalue weighted by Crippen LogP contribution is -2.15. The molecule has 0 N–H and O–H groups in total. The van der Waals surface area contributed by atoms with Crippen molar-refractivity contribution in [2.45, 2.75) is 33.1 Å². The molecule has 0 aliphatic carbocycles. The summed E-state index contributed by atoms with van der Waals surface area (Å²) in [5.74, 6) is -0.261. The molecule has 0 aromatic carbocycles. The maximum Gasteiger partial charge on any atom is 0.198 e. The normalized spacial score (nSPS) is 12.2. The lowest BCUT2D eigenvalue weighted by molar-refractivity contribution is -0.136. The molecule has 2 heteroatoms. The minimum atomic E-state index is -0.258. The molecule has 0 fully saturated rings. The molecule has 0 aliphatic rings. The van der Waals surface area contributed by atoms with E-state index in [9.17, 15) is 9.59 Å². The third-order valence-electron chi connectivity index (χ3n) is 1.74. The van der Waals surface area contributed by atoms with E-state index < -0.39 is 0 Å². The van der Waals surface area contributed by atoms with E-state index >= 15 is 0 Å². The first kappa shape index (κ1) is 11.1. The summed E-state index contributed by atoms with van der Waals surface area (Å²) in [4.78, 5) is 22.0. The molecule has 0 bridgehead atoms. The van der Waals surface area contributed by atoms with Crippen molar-refractivity contribution in [2.24, 2.45) is 5.92 Å². The SMILES string of the molecule is C=CCC(C)CC(=O)C(=O)CC. The zero-order valence-electron chi connectivity index (χ0n) is 7.80. The molecule has 0 aromatic rings. The number of Topliss-reactive ketones (excluding diaryl/α,β-unsaturated/α-hetero) is 2. The Balaban J connectivity index is 3.83. The fourth-order valence-electron chi connectivity index (χ4n) is 0.995. The summed E-state index contributed by atoms with van der Waals surface area (Å²) in [6.45, 7) is 7.23. The molecule has 0 radical (unpaired) electrons. The molecule has 0 rings (SSSR count).